The minimum atomic E-state index is -4.78. The highest BCUT2D eigenvalue weighted by atomic mass is 32.1. The third kappa shape index (κ3) is 10.5. The third-order valence-corrected chi connectivity index (χ3v) is 15.3. The molecular weight excluding hydrogens is 959 g/mol. The molecule has 3 N–H and O–H groups in total. The fourth-order valence-electron chi connectivity index (χ4n) is 8.57. The van der Waals surface area contributed by atoms with E-state index in [-0.39, 0.29) is 11.3 Å². The van der Waals surface area contributed by atoms with E-state index in [1.165, 1.54) is 17.5 Å². The summed E-state index contributed by atoms with van der Waals surface area (Å²) in [5.74, 6) is -0.962. The van der Waals surface area contributed by atoms with E-state index in [0.717, 1.165) is 131 Å². The maximum absolute atomic E-state index is 14.3. The molecule has 9 nitrogen and oxygen atoms in total. The minimum Gasteiger partial charge on any atom is -0.362 e. The van der Waals surface area contributed by atoms with E-state index in [1.54, 1.807) is 34.8 Å². The molecule has 0 spiro atoms. The van der Waals surface area contributed by atoms with Crippen LogP contribution in [-0.2, 0) is 12.7 Å². The monoisotopic (exact) mass is 1010 g/mol. The molecule has 362 valence electrons. The molecule has 0 bridgehead atoms. The summed E-state index contributed by atoms with van der Waals surface area (Å²) in [6.07, 6.45) is 9.28. The predicted molar refractivity (Wildman–Crippen MR) is 282 cm³/mol. The molecule has 0 unspecified atom stereocenters. The number of thiazole rings is 3. The van der Waals surface area contributed by atoms with Crippen molar-refractivity contribution in [2.24, 2.45) is 0 Å². The van der Waals surface area contributed by atoms with Gasteiger partial charge in [-0.15, -0.1) is 0 Å². The van der Waals surface area contributed by atoms with E-state index in [4.69, 9.17) is 9.97 Å². The standard InChI is InChI=1S/C55H51F4N9S3/c1-6-23-63-52-66-30-46(69-52)41-17-11-26-61-50(41)39-16-10-20-45(35(39)5)68-33-48(71-54(68)65-25-8-3)43-19-13-27-60-49(43)38-15-9-14-36(34(38)4)31-67-32-47(70-53(67)64-24-7-2)42-18-12-28-62-51(42)40-22-21-37(56)29-44(40)55(57,58)59/h9-22,26-30,32-33H,6-8,23-25,31H2,1-5H3,(H,63,66)/p+2. The lowest BCUT2D eigenvalue weighted by Crippen LogP contribution is -2.35. The number of nitrogens with one attached hydrogen (secondary N) is 3. The van der Waals surface area contributed by atoms with Crippen LogP contribution in [-0.4, -0.2) is 39.6 Å². The van der Waals surface area contributed by atoms with Crippen molar-refractivity contribution in [2.75, 3.05) is 35.6 Å². The average Bonchev–Trinajstić information content (AvgIpc) is 4.14. The van der Waals surface area contributed by atoms with E-state index in [0.29, 0.717) is 24.7 Å². The molecule has 0 aliphatic heterocycles. The van der Waals surface area contributed by atoms with Gasteiger partial charge >= 0.3 is 16.4 Å². The van der Waals surface area contributed by atoms with Crippen molar-refractivity contribution in [2.45, 2.75) is 66.6 Å². The summed E-state index contributed by atoms with van der Waals surface area (Å²) < 4.78 is 61.4. The Bertz CT molecular complexity index is 3320. The van der Waals surface area contributed by atoms with Gasteiger partial charge in [-0.3, -0.25) is 25.6 Å². The van der Waals surface area contributed by atoms with Crippen LogP contribution in [0.4, 0.5) is 33.0 Å². The van der Waals surface area contributed by atoms with Gasteiger partial charge in [0, 0.05) is 70.3 Å². The Hall–Kier alpha value is -6.88. The number of rotatable bonds is 18. The highest BCUT2D eigenvalue weighted by Gasteiger charge is 2.35. The van der Waals surface area contributed by atoms with E-state index < -0.39 is 17.6 Å². The highest BCUT2D eigenvalue weighted by Crippen LogP contribution is 2.43. The second kappa shape index (κ2) is 21.6. The van der Waals surface area contributed by atoms with Crippen LogP contribution in [0.15, 0.2) is 128 Å². The first-order valence-electron chi connectivity index (χ1n) is 23.7. The summed E-state index contributed by atoms with van der Waals surface area (Å²) in [5.41, 5.74) is 9.44. The number of alkyl halides is 3. The van der Waals surface area contributed by atoms with Crippen LogP contribution in [0, 0.1) is 19.7 Å². The zero-order chi connectivity index (χ0) is 49.6. The quantitative estimate of drug-likeness (QED) is 0.0582. The first-order valence-corrected chi connectivity index (χ1v) is 26.1. The van der Waals surface area contributed by atoms with Crippen LogP contribution in [0.1, 0.15) is 62.3 Å². The molecule has 71 heavy (non-hydrogen) atoms. The number of anilines is 3. The van der Waals surface area contributed by atoms with Gasteiger partial charge in [0.15, 0.2) is 5.13 Å². The lowest BCUT2D eigenvalue weighted by molar-refractivity contribution is -0.669. The van der Waals surface area contributed by atoms with Crippen molar-refractivity contribution in [1.82, 2.24) is 19.9 Å². The fraction of sp³-hybridized carbons (Fsp3) is 0.236. The van der Waals surface area contributed by atoms with Crippen molar-refractivity contribution in [1.29, 1.82) is 0 Å². The van der Waals surface area contributed by atoms with E-state index in [1.807, 2.05) is 43.0 Å². The van der Waals surface area contributed by atoms with Gasteiger partial charge in [-0.25, -0.2) is 13.9 Å². The van der Waals surface area contributed by atoms with Gasteiger partial charge in [0.25, 0.3) is 0 Å². The summed E-state index contributed by atoms with van der Waals surface area (Å²) in [6, 6.07) is 27.0. The van der Waals surface area contributed by atoms with Crippen LogP contribution < -0.4 is 25.1 Å². The highest BCUT2D eigenvalue weighted by molar-refractivity contribution is 7.19. The average molecular weight is 1010 g/mol. The Kier molecular flexibility index (Phi) is 15.0. The van der Waals surface area contributed by atoms with E-state index in [2.05, 4.69) is 118 Å². The molecule has 0 saturated carbocycles. The zero-order valence-corrected chi connectivity index (χ0v) is 42.4. The number of nitrogens with zero attached hydrogens (tertiary/aromatic N) is 6. The molecule has 6 aromatic heterocycles. The van der Waals surface area contributed by atoms with Gasteiger partial charge in [-0.05, 0) is 128 Å². The molecule has 9 aromatic rings. The Balaban J connectivity index is 1.07. The maximum atomic E-state index is 14.3. The van der Waals surface area contributed by atoms with Gasteiger partial charge < -0.3 is 5.32 Å². The van der Waals surface area contributed by atoms with Crippen molar-refractivity contribution in [3.8, 4) is 70.8 Å². The van der Waals surface area contributed by atoms with Gasteiger partial charge in [-0.2, -0.15) is 17.7 Å². The molecule has 0 fully saturated rings. The van der Waals surface area contributed by atoms with Crippen LogP contribution in [0.3, 0.4) is 0 Å². The topological polar surface area (TPSA) is 95.4 Å². The lowest BCUT2D eigenvalue weighted by atomic mass is 9.96. The molecule has 6 heterocycles. The number of hydrogen-bond donors (Lipinski definition) is 3. The van der Waals surface area contributed by atoms with Crippen LogP contribution in [0.25, 0.3) is 70.8 Å². The molecule has 0 aliphatic carbocycles. The third-order valence-electron chi connectivity index (χ3n) is 12.1. The van der Waals surface area contributed by atoms with Crippen molar-refractivity contribution in [3.63, 3.8) is 0 Å². The number of aromatic nitrogens is 6. The normalized spacial score (nSPS) is 11.6. The van der Waals surface area contributed by atoms with E-state index in [9.17, 15) is 17.6 Å². The summed E-state index contributed by atoms with van der Waals surface area (Å²) in [6.45, 7) is 13.5. The molecular formula is C55H53F4N9S3+2. The van der Waals surface area contributed by atoms with Crippen LogP contribution in [0.2, 0.25) is 0 Å². The SMILES string of the molecule is CCCNc1ncc(-c2cccnc2-c2cccc(-[n+]3cc(-c4cccnc4-c4cccc(C[n+]5cc(-c6cccnc6-c6ccc(F)cc6C(F)(F)F)sc5NCCC)c4C)sc3NCCC)c2C)s1. The number of pyridine rings is 3. The molecule has 0 amide bonds. The van der Waals surface area contributed by atoms with Crippen molar-refractivity contribution in [3.05, 3.63) is 156 Å². The molecule has 0 radical (unpaired) electrons. The largest absolute Gasteiger partial charge is 0.417 e. The van der Waals surface area contributed by atoms with Crippen molar-refractivity contribution < 1.29 is 26.7 Å². The first-order chi connectivity index (χ1) is 34.5. The second-order valence-corrected chi connectivity index (χ2v) is 20.1. The number of halogens is 4. The Labute approximate surface area is 423 Å². The smallest absolute Gasteiger partial charge is 0.362 e. The Morgan fingerprint density at radius 2 is 1.10 bits per heavy atom. The van der Waals surface area contributed by atoms with E-state index >= 15 is 0 Å². The molecule has 0 atom stereocenters. The summed E-state index contributed by atoms with van der Waals surface area (Å²) in [4.78, 5) is 21.9. The van der Waals surface area contributed by atoms with Gasteiger partial charge in [-0.1, -0.05) is 62.4 Å². The first kappa shape index (κ1) is 49.1. The zero-order valence-electron chi connectivity index (χ0n) is 40.0. The minimum absolute atomic E-state index is 0.130. The van der Waals surface area contributed by atoms with Gasteiger partial charge in [0.05, 0.1) is 50.4 Å². The van der Waals surface area contributed by atoms with Gasteiger partial charge in [0.1, 0.15) is 30.4 Å². The molecule has 16 heteroatoms. The Morgan fingerprint density at radius 3 is 1.75 bits per heavy atom. The summed E-state index contributed by atoms with van der Waals surface area (Å²) in [5, 5.41) is 13.4. The molecule has 3 aromatic carbocycles. The fourth-order valence-corrected chi connectivity index (χ4v) is 11.6. The Morgan fingerprint density at radius 1 is 0.549 bits per heavy atom. The van der Waals surface area contributed by atoms with Crippen molar-refractivity contribution >= 4 is 49.4 Å². The van der Waals surface area contributed by atoms with Crippen LogP contribution in [0.5, 0.6) is 0 Å². The summed E-state index contributed by atoms with van der Waals surface area (Å²) >= 11 is 4.76. The molecule has 9 rings (SSSR count). The number of hydrogen-bond acceptors (Lipinski definition) is 10. The number of benzene rings is 3. The maximum Gasteiger partial charge on any atom is 0.417 e. The second-order valence-electron chi connectivity index (χ2n) is 17.0. The van der Waals surface area contributed by atoms with Gasteiger partial charge in [0.2, 0.25) is 0 Å². The molecule has 0 saturated heterocycles. The lowest BCUT2D eigenvalue weighted by Gasteiger charge is -2.14. The van der Waals surface area contributed by atoms with Crippen LogP contribution >= 0.6 is 34.0 Å². The summed E-state index contributed by atoms with van der Waals surface area (Å²) in [7, 11) is 0. The molecule has 0 aliphatic rings. The predicted octanol–water partition coefficient (Wildman–Crippen LogP) is 14.3.